The molecule has 0 amide bonds. The molecule has 0 spiro atoms. The summed E-state index contributed by atoms with van der Waals surface area (Å²) in [5.74, 6) is 0.783. The molecule has 0 aliphatic carbocycles. The number of rotatable bonds is 3. The van der Waals surface area contributed by atoms with Gasteiger partial charge in [-0.1, -0.05) is 68.9 Å². The van der Waals surface area contributed by atoms with E-state index >= 15 is 0 Å². The Kier molecular flexibility index (Phi) is 4.31. The zero-order chi connectivity index (χ0) is 16.4. The molecule has 0 unspecified atom stereocenters. The fourth-order valence-corrected chi connectivity index (χ4v) is 3.25. The van der Waals surface area contributed by atoms with Crippen LogP contribution in [0, 0.1) is 0 Å². The summed E-state index contributed by atoms with van der Waals surface area (Å²) in [6.07, 6.45) is 0. The van der Waals surface area contributed by atoms with Gasteiger partial charge in [-0.25, -0.2) is 0 Å². The van der Waals surface area contributed by atoms with Crippen LogP contribution in [-0.2, 0) is 11.2 Å². The van der Waals surface area contributed by atoms with Crippen LogP contribution in [0.4, 0.5) is 0 Å². The second-order valence-electron chi connectivity index (χ2n) is 6.66. The van der Waals surface area contributed by atoms with Gasteiger partial charge in [0.15, 0.2) is 10.5 Å². The Balaban J connectivity index is 1.77. The summed E-state index contributed by atoms with van der Waals surface area (Å²) in [6.45, 7) is 6.63. The third kappa shape index (κ3) is 3.67. The van der Waals surface area contributed by atoms with E-state index in [0.717, 1.165) is 5.75 Å². The molecule has 0 saturated carbocycles. The molecule has 3 rings (SSSR count). The summed E-state index contributed by atoms with van der Waals surface area (Å²) < 4.78 is 5.81. The van der Waals surface area contributed by atoms with E-state index in [0.29, 0.717) is 16.1 Å². The van der Waals surface area contributed by atoms with E-state index in [1.54, 1.807) is 23.9 Å². The second kappa shape index (κ2) is 6.25. The van der Waals surface area contributed by atoms with Gasteiger partial charge in [-0.15, -0.1) is 0 Å². The molecule has 0 aliphatic heterocycles. The first-order chi connectivity index (χ1) is 10.9. The monoisotopic (exact) mass is 324 g/mol. The van der Waals surface area contributed by atoms with Crippen molar-refractivity contribution in [2.75, 3.05) is 0 Å². The maximum absolute atomic E-state index is 12.1. The Hall–Kier alpha value is -2.00. The molecule has 3 heteroatoms. The van der Waals surface area contributed by atoms with E-state index in [4.69, 9.17) is 4.42 Å². The molecule has 1 heterocycles. The molecule has 2 aromatic carbocycles. The van der Waals surface area contributed by atoms with Gasteiger partial charge < -0.3 is 4.42 Å². The van der Waals surface area contributed by atoms with Gasteiger partial charge in [-0.2, -0.15) is 0 Å². The van der Waals surface area contributed by atoms with Gasteiger partial charge in [-0.05, 0) is 28.7 Å². The molecule has 23 heavy (non-hydrogen) atoms. The van der Waals surface area contributed by atoms with Gasteiger partial charge >= 0.3 is 0 Å². The lowest BCUT2D eigenvalue weighted by Gasteiger charge is -2.19. The molecule has 0 atom stereocenters. The van der Waals surface area contributed by atoms with Gasteiger partial charge in [0.25, 0.3) is 0 Å². The predicted octanol–water partition coefficient (Wildman–Crippen LogP) is 5.38. The summed E-state index contributed by atoms with van der Waals surface area (Å²) in [4.78, 5) is 12.1. The quantitative estimate of drug-likeness (QED) is 0.606. The van der Waals surface area contributed by atoms with Gasteiger partial charge in [0.2, 0.25) is 0 Å². The van der Waals surface area contributed by atoms with E-state index in [1.165, 1.54) is 11.1 Å². The van der Waals surface area contributed by atoms with Crippen molar-refractivity contribution in [3.63, 3.8) is 0 Å². The molecule has 0 saturated heterocycles. The third-order valence-electron chi connectivity index (χ3n) is 3.81. The van der Waals surface area contributed by atoms with Crippen molar-refractivity contribution in [1.29, 1.82) is 0 Å². The molecule has 3 aromatic rings. The Bertz CT molecular complexity index is 871. The average molecular weight is 324 g/mol. The zero-order valence-electron chi connectivity index (χ0n) is 13.6. The summed E-state index contributed by atoms with van der Waals surface area (Å²) >= 11 is 1.55. The molecule has 0 aliphatic rings. The average Bonchev–Trinajstić information content (AvgIpc) is 2.52. The van der Waals surface area contributed by atoms with Crippen molar-refractivity contribution in [1.82, 2.24) is 0 Å². The van der Waals surface area contributed by atoms with Crippen LogP contribution >= 0.6 is 11.8 Å². The van der Waals surface area contributed by atoms with Gasteiger partial charge in [0, 0.05) is 11.8 Å². The maximum Gasteiger partial charge on any atom is 0.193 e. The number of hydrogen-bond donors (Lipinski definition) is 0. The topological polar surface area (TPSA) is 30.2 Å². The first-order valence-electron chi connectivity index (χ1n) is 7.68. The Morgan fingerprint density at radius 3 is 2.39 bits per heavy atom. The summed E-state index contributed by atoms with van der Waals surface area (Å²) in [7, 11) is 0. The summed E-state index contributed by atoms with van der Waals surface area (Å²) in [6, 6.07) is 17.6. The van der Waals surface area contributed by atoms with Crippen LogP contribution in [0.5, 0.6) is 0 Å². The molecule has 0 fully saturated rings. The predicted molar refractivity (Wildman–Crippen MR) is 97.2 cm³/mol. The minimum Gasteiger partial charge on any atom is -0.450 e. The van der Waals surface area contributed by atoms with Crippen LogP contribution in [0.3, 0.4) is 0 Å². The Labute approximate surface area is 140 Å². The van der Waals surface area contributed by atoms with E-state index in [-0.39, 0.29) is 10.8 Å². The number of thioether (sulfide) groups is 1. The highest BCUT2D eigenvalue weighted by molar-refractivity contribution is 7.98. The van der Waals surface area contributed by atoms with Crippen LogP contribution < -0.4 is 5.43 Å². The van der Waals surface area contributed by atoms with Crippen LogP contribution in [0.2, 0.25) is 0 Å². The Morgan fingerprint density at radius 2 is 1.70 bits per heavy atom. The fourth-order valence-electron chi connectivity index (χ4n) is 2.41. The van der Waals surface area contributed by atoms with Crippen molar-refractivity contribution in [2.24, 2.45) is 0 Å². The number of fused-ring (bicyclic) bond motifs is 1. The highest BCUT2D eigenvalue weighted by Crippen LogP contribution is 2.27. The van der Waals surface area contributed by atoms with Crippen LogP contribution in [0.25, 0.3) is 11.0 Å². The van der Waals surface area contributed by atoms with Gasteiger partial charge in [0.1, 0.15) is 5.58 Å². The SMILES string of the molecule is CC(C)(C)c1ccc(CSc2cc(=O)c3ccccc3o2)cc1. The minimum absolute atomic E-state index is 0.0115. The normalized spacial score (nSPS) is 11.8. The number of benzene rings is 2. The van der Waals surface area contributed by atoms with Gasteiger partial charge in [0.05, 0.1) is 5.39 Å². The first-order valence-corrected chi connectivity index (χ1v) is 8.67. The lowest BCUT2D eigenvalue weighted by molar-refractivity contribution is 0.500. The first kappa shape index (κ1) is 15.9. The second-order valence-corrected chi connectivity index (χ2v) is 7.64. The standard InChI is InChI=1S/C20H20O2S/c1-20(2,3)15-10-8-14(9-11-15)13-23-19-12-17(21)16-6-4-5-7-18(16)22-19/h4-12H,13H2,1-3H3. The van der Waals surface area contributed by atoms with Crippen LogP contribution in [-0.4, -0.2) is 0 Å². The van der Waals surface area contributed by atoms with Crippen LogP contribution in [0.15, 0.2) is 68.9 Å². The molecule has 0 bridgehead atoms. The number of para-hydroxylation sites is 1. The van der Waals surface area contributed by atoms with E-state index < -0.39 is 0 Å². The molecule has 0 N–H and O–H groups in total. The van der Waals surface area contributed by atoms with Crippen molar-refractivity contribution >= 4 is 22.7 Å². The molecule has 2 nitrogen and oxygen atoms in total. The Morgan fingerprint density at radius 1 is 1.00 bits per heavy atom. The third-order valence-corrected chi connectivity index (χ3v) is 4.78. The van der Waals surface area contributed by atoms with Gasteiger partial charge in [-0.3, -0.25) is 4.79 Å². The zero-order valence-corrected chi connectivity index (χ0v) is 14.4. The van der Waals surface area contributed by atoms with Crippen molar-refractivity contribution in [2.45, 2.75) is 37.0 Å². The van der Waals surface area contributed by atoms with Crippen molar-refractivity contribution < 1.29 is 4.42 Å². The van der Waals surface area contributed by atoms with Crippen molar-refractivity contribution in [3.05, 3.63) is 75.9 Å². The molecular formula is C20H20O2S. The molecular weight excluding hydrogens is 304 g/mol. The summed E-state index contributed by atoms with van der Waals surface area (Å²) in [5, 5.41) is 1.29. The highest BCUT2D eigenvalue weighted by Gasteiger charge is 2.13. The van der Waals surface area contributed by atoms with E-state index in [1.807, 2.05) is 18.2 Å². The maximum atomic E-state index is 12.1. The smallest absolute Gasteiger partial charge is 0.193 e. The lowest BCUT2D eigenvalue weighted by atomic mass is 9.87. The summed E-state index contributed by atoms with van der Waals surface area (Å²) in [5.41, 5.74) is 3.36. The highest BCUT2D eigenvalue weighted by atomic mass is 32.2. The number of hydrogen-bond acceptors (Lipinski definition) is 3. The van der Waals surface area contributed by atoms with Crippen molar-refractivity contribution in [3.8, 4) is 0 Å². The molecule has 0 radical (unpaired) electrons. The van der Waals surface area contributed by atoms with E-state index in [9.17, 15) is 4.79 Å². The largest absolute Gasteiger partial charge is 0.450 e. The minimum atomic E-state index is 0.0115. The molecule has 118 valence electrons. The van der Waals surface area contributed by atoms with E-state index in [2.05, 4.69) is 45.0 Å². The lowest BCUT2D eigenvalue weighted by Crippen LogP contribution is -2.10. The molecule has 1 aromatic heterocycles. The fraction of sp³-hybridized carbons (Fsp3) is 0.250. The van der Waals surface area contributed by atoms with Crippen LogP contribution in [0.1, 0.15) is 31.9 Å².